The van der Waals surface area contributed by atoms with Crippen molar-refractivity contribution in [3.05, 3.63) is 30.0 Å². The minimum atomic E-state index is 0.536. The molecule has 0 unspecified atom stereocenters. The van der Waals surface area contributed by atoms with Crippen molar-refractivity contribution in [3.8, 4) is 5.75 Å². The van der Waals surface area contributed by atoms with Crippen LogP contribution in [0.5, 0.6) is 5.75 Å². The van der Waals surface area contributed by atoms with Crippen molar-refractivity contribution in [1.82, 2.24) is 4.57 Å². The van der Waals surface area contributed by atoms with Gasteiger partial charge in [0.1, 0.15) is 12.0 Å². The molecule has 0 aliphatic carbocycles. The van der Waals surface area contributed by atoms with Crippen LogP contribution in [0.15, 0.2) is 24.4 Å². The van der Waals surface area contributed by atoms with Gasteiger partial charge >= 0.3 is 0 Å². The number of ether oxygens (including phenoxy) is 1. The molecule has 0 saturated heterocycles. The van der Waals surface area contributed by atoms with Gasteiger partial charge in [-0.25, -0.2) is 0 Å². The van der Waals surface area contributed by atoms with Gasteiger partial charge in [0.2, 0.25) is 0 Å². The number of carbonyl (C=O) groups excluding carboxylic acids is 1. The Balaban J connectivity index is 2.54. The SMILES string of the molecule is COc1c(CCC=O)ccc2c1ccn2C. The molecule has 0 radical (unpaired) electrons. The first-order valence-electron chi connectivity index (χ1n) is 5.32. The van der Waals surface area contributed by atoms with Crippen molar-refractivity contribution < 1.29 is 9.53 Å². The number of aryl methyl sites for hydroxylation is 2. The number of hydrogen-bond donors (Lipinski definition) is 0. The summed E-state index contributed by atoms with van der Waals surface area (Å²) >= 11 is 0. The predicted octanol–water partition coefficient (Wildman–Crippen LogP) is 2.32. The van der Waals surface area contributed by atoms with Crippen molar-refractivity contribution in [3.63, 3.8) is 0 Å². The molecule has 3 nitrogen and oxygen atoms in total. The molecular weight excluding hydrogens is 202 g/mol. The van der Waals surface area contributed by atoms with Gasteiger partial charge in [-0.1, -0.05) is 6.07 Å². The highest BCUT2D eigenvalue weighted by molar-refractivity contribution is 5.88. The Hall–Kier alpha value is -1.77. The van der Waals surface area contributed by atoms with Crippen LogP contribution in [0.25, 0.3) is 10.9 Å². The van der Waals surface area contributed by atoms with Crippen molar-refractivity contribution in [1.29, 1.82) is 0 Å². The van der Waals surface area contributed by atoms with Crippen LogP contribution in [0.3, 0.4) is 0 Å². The first kappa shape index (κ1) is 10.7. The Morgan fingerprint density at radius 1 is 1.38 bits per heavy atom. The van der Waals surface area contributed by atoms with E-state index < -0.39 is 0 Å². The molecular formula is C13H15NO2. The lowest BCUT2D eigenvalue weighted by atomic mass is 10.1. The average molecular weight is 217 g/mol. The van der Waals surface area contributed by atoms with E-state index in [1.807, 2.05) is 25.4 Å². The van der Waals surface area contributed by atoms with Crippen LogP contribution in [0, 0.1) is 0 Å². The third kappa shape index (κ3) is 1.69. The summed E-state index contributed by atoms with van der Waals surface area (Å²) in [6.45, 7) is 0. The van der Waals surface area contributed by atoms with Crippen LogP contribution in [-0.2, 0) is 18.3 Å². The van der Waals surface area contributed by atoms with Crippen LogP contribution < -0.4 is 4.74 Å². The van der Waals surface area contributed by atoms with Crippen LogP contribution in [0.4, 0.5) is 0 Å². The zero-order valence-corrected chi connectivity index (χ0v) is 9.56. The van der Waals surface area contributed by atoms with Crippen LogP contribution in [0.1, 0.15) is 12.0 Å². The maximum Gasteiger partial charge on any atom is 0.131 e. The molecule has 0 fully saturated rings. The van der Waals surface area contributed by atoms with Gasteiger partial charge < -0.3 is 14.1 Å². The van der Waals surface area contributed by atoms with Gasteiger partial charge in [-0.05, 0) is 24.1 Å². The highest BCUT2D eigenvalue weighted by Gasteiger charge is 2.09. The van der Waals surface area contributed by atoms with Gasteiger partial charge in [0.25, 0.3) is 0 Å². The molecule has 1 aromatic heterocycles. The molecule has 0 atom stereocenters. The molecule has 84 valence electrons. The molecule has 0 bridgehead atoms. The Morgan fingerprint density at radius 2 is 2.19 bits per heavy atom. The summed E-state index contributed by atoms with van der Waals surface area (Å²) in [5.41, 5.74) is 2.24. The Kier molecular flexibility index (Phi) is 2.95. The highest BCUT2D eigenvalue weighted by Crippen LogP contribution is 2.30. The van der Waals surface area contributed by atoms with Gasteiger partial charge in [0.15, 0.2) is 0 Å². The zero-order valence-electron chi connectivity index (χ0n) is 9.56. The lowest BCUT2D eigenvalue weighted by Crippen LogP contribution is -1.94. The van der Waals surface area contributed by atoms with E-state index in [2.05, 4.69) is 10.6 Å². The molecule has 0 spiro atoms. The summed E-state index contributed by atoms with van der Waals surface area (Å²) in [5, 5.41) is 1.10. The number of aromatic nitrogens is 1. The second-order valence-corrected chi connectivity index (χ2v) is 3.82. The lowest BCUT2D eigenvalue weighted by molar-refractivity contribution is -0.107. The normalized spacial score (nSPS) is 10.6. The average Bonchev–Trinajstić information content (AvgIpc) is 2.68. The second-order valence-electron chi connectivity index (χ2n) is 3.82. The molecule has 0 aliphatic rings. The first-order valence-corrected chi connectivity index (χ1v) is 5.32. The van der Waals surface area contributed by atoms with Crippen LogP contribution >= 0.6 is 0 Å². The van der Waals surface area contributed by atoms with E-state index in [1.165, 1.54) is 0 Å². The summed E-state index contributed by atoms with van der Waals surface area (Å²) in [6.07, 6.45) is 4.22. The molecule has 1 aromatic carbocycles. The lowest BCUT2D eigenvalue weighted by Gasteiger charge is -2.09. The number of nitrogens with zero attached hydrogens (tertiary/aromatic N) is 1. The predicted molar refractivity (Wildman–Crippen MR) is 63.9 cm³/mol. The van der Waals surface area contributed by atoms with Crippen LogP contribution in [0.2, 0.25) is 0 Å². The van der Waals surface area contributed by atoms with Gasteiger partial charge in [0, 0.05) is 25.1 Å². The fourth-order valence-electron chi connectivity index (χ4n) is 2.02. The summed E-state index contributed by atoms with van der Waals surface area (Å²) in [6, 6.07) is 6.14. The first-order chi connectivity index (χ1) is 7.77. The number of aldehydes is 1. The minimum Gasteiger partial charge on any atom is -0.496 e. The fourth-order valence-corrected chi connectivity index (χ4v) is 2.02. The Labute approximate surface area is 94.6 Å². The maximum atomic E-state index is 10.4. The number of hydrogen-bond acceptors (Lipinski definition) is 2. The third-order valence-corrected chi connectivity index (χ3v) is 2.84. The molecule has 2 aromatic rings. The number of methoxy groups -OCH3 is 1. The number of fused-ring (bicyclic) bond motifs is 1. The van der Waals surface area contributed by atoms with E-state index in [9.17, 15) is 4.79 Å². The minimum absolute atomic E-state index is 0.536. The van der Waals surface area contributed by atoms with Gasteiger partial charge in [0.05, 0.1) is 12.6 Å². The van der Waals surface area contributed by atoms with Crippen molar-refractivity contribution >= 4 is 17.2 Å². The topological polar surface area (TPSA) is 31.2 Å². The fraction of sp³-hybridized carbons (Fsp3) is 0.308. The summed E-state index contributed by atoms with van der Waals surface area (Å²) in [5.74, 6) is 0.889. The van der Waals surface area contributed by atoms with E-state index in [1.54, 1.807) is 7.11 Å². The maximum absolute atomic E-state index is 10.4. The monoisotopic (exact) mass is 217 g/mol. The number of benzene rings is 1. The molecule has 0 aliphatic heterocycles. The van der Waals surface area contributed by atoms with Crippen molar-refractivity contribution in [2.75, 3.05) is 7.11 Å². The molecule has 2 rings (SSSR count). The van der Waals surface area contributed by atoms with Crippen LogP contribution in [-0.4, -0.2) is 18.0 Å². The quantitative estimate of drug-likeness (QED) is 0.736. The number of carbonyl (C=O) groups is 1. The van der Waals surface area contributed by atoms with Crippen molar-refractivity contribution in [2.24, 2.45) is 7.05 Å². The number of rotatable bonds is 4. The molecule has 1 heterocycles. The van der Waals surface area contributed by atoms with E-state index in [4.69, 9.17) is 4.74 Å². The van der Waals surface area contributed by atoms with E-state index >= 15 is 0 Å². The van der Waals surface area contributed by atoms with E-state index in [-0.39, 0.29) is 0 Å². The second kappa shape index (κ2) is 4.39. The van der Waals surface area contributed by atoms with E-state index in [0.29, 0.717) is 6.42 Å². The van der Waals surface area contributed by atoms with Crippen molar-refractivity contribution in [2.45, 2.75) is 12.8 Å². The molecule has 0 amide bonds. The van der Waals surface area contributed by atoms with Gasteiger partial charge in [-0.3, -0.25) is 0 Å². The Bertz CT molecular complexity index is 514. The molecule has 3 heteroatoms. The summed E-state index contributed by atoms with van der Waals surface area (Å²) < 4.78 is 7.50. The zero-order chi connectivity index (χ0) is 11.5. The molecule has 0 saturated carbocycles. The van der Waals surface area contributed by atoms with E-state index in [0.717, 1.165) is 34.9 Å². The van der Waals surface area contributed by atoms with Gasteiger partial charge in [-0.2, -0.15) is 0 Å². The highest BCUT2D eigenvalue weighted by atomic mass is 16.5. The molecule has 0 N–H and O–H groups in total. The van der Waals surface area contributed by atoms with Gasteiger partial charge in [-0.15, -0.1) is 0 Å². The summed E-state index contributed by atoms with van der Waals surface area (Å²) in [7, 11) is 3.68. The standard InChI is InChI=1S/C13H15NO2/c1-14-8-7-11-12(14)6-5-10(4-3-9-15)13(11)16-2/h5-9H,3-4H2,1-2H3. The summed E-state index contributed by atoms with van der Waals surface area (Å²) in [4.78, 5) is 10.4. The largest absolute Gasteiger partial charge is 0.496 e. The smallest absolute Gasteiger partial charge is 0.131 e. The third-order valence-electron chi connectivity index (χ3n) is 2.84. The molecule has 16 heavy (non-hydrogen) atoms. The Morgan fingerprint density at radius 3 is 2.88 bits per heavy atom.